The number of rotatable bonds is 3. The zero-order chi connectivity index (χ0) is 10.7. The fourth-order valence-corrected chi connectivity index (χ4v) is 1.27. The number of aromatic nitrogens is 3. The van der Waals surface area contributed by atoms with E-state index in [-0.39, 0.29) is 0 Å². The number of nitrogens with zero attached hydrogens (tertiary/aromatic N) is 3. The van der Waals surface area contributed by atoms with E-state index in [0.29, 0.717) is 12.2 Å². The molecule has 2 aromatic heterocycles. The fraction of sp³-hybridized carbons (Fsp3) is 0.200. The van der Waals surface area contributed by atoms with Crippen LogP contribution in [0.3, 0.4) is 0 Å². The molecule has 0 atom stereocenters. The lowest BCUT2D eigenvalue weighted by Crippen LogP contribution is -2.00. The number of nitrogens with one attached hydrogen (secondary N) is 1. The maximum Gasteiger partial charge on any atom is 0.126 e. The minimum absolute atomic E-state index is 0.668. The van der Waals surface area contributed by atoms with Gasteiger partial charge in [0.05, 0.1) is 18.1 Å². The summed E-state index contributed by atoms with van der Waals surface area (Å²) in [5, 5.41) is 7.26. The highest BCUT2D eigenvalue weighted by molar-refractivity contribution is 5.43. The minimum Gasteiger partial charge on any atom is -0.397 e. The van der Waals surface area contributed by atoms with Gasteiger partial charge in [-0.05, 0) is 12.1 Å². The van der Waals surface area contributed by atoms with Crippen LogP contribution < -0.4 is 11.1 Å². The van der Waals surface area contributed by atoms with E-state index in [2.05, 4.69) is 15.4 Å². The minimum atomic E-state index is 0.668. The molecule has 0 radical (unpaired) electrons. The number of anilines is 2. The summed E-state index contributed by atoms with van der Waals surface area (Å²) in [5.41, 5.74) is 7.32. The van der Waals surface area contributed by atoms with Gasteiger partial charge in [-0.15, -0.1) is 0 Å². The first-order valence-corrected chi connectivity index (χ1v) is 4.67. The molecular weight excluding hydrogens is 190 g/mol. The van der Waals surface area contributed by atoms with Gasteiger partial charge in [-0.2, -0.15) is 5.10 Å². The highest BCUT2D eigenvalue weighted by atomic mass is 15.2. The monoisotopic (exact) mass is 203 g/mol. The molecule has 5 heteroatoms. The first-order chi connectivity index (χ1) is 7.24. The third kappa shape index (κ3) is 2.46. The smallest absolute Gasteiger partial charge is 0.126 e. The highest BCUT2D eigenvalue weighted by Crippen LogP contribution is 2.07. The zero-order valence-electron chi connectivity index (χ0n) is 8.51. The van der Waals surface area contributed by atoms with Crippen molar-refractivity contribution in [2.24, 2.45) is 7.05 Å². The molecule has 3 N–H and O–H groups in total. The van der Waals surface area contributed by atoms with Crippen LogP contribution in [-0.2, 0) is 13.6 Å². The van der Waals surface area contributed by atoms with Gasteiger partial charge in [-0.3, -0.25) is 4.68 Å². The van der Waals surface area contributed by atoms with E-state index in [1.807, 2.05) is 31.6 Å². The van der Waals surface area contributed by atoms with Crippen molar-refractivity contribution in [3.63, 3.8) is 0 Å². The second-order valence-electron chi connectivity index (χ2n) is 3.35. The predicted octanol–water partition coefficient (Wildman–Crippen LogP) is 1.01. The van der Waals surface area contributed by atoms with Crippen LogP contribution in [0.4, 0.5) is 11.5 Å². The lowest BCUT2D eigenvalue weighted by atomic mass is 10.3. The van der Waals surface area contributed by atoms with E-state index in [0.717, 1.165) is 11.4 Å². The molecule has 0 unspecified atom stereocenters. The number of hydrogen-bond acceptors (Lipinski definition) is 4. The quantitative estimate of drug-likeness (QED) is 0.781. The molecule has 2 aromatic rings. The number of aryl methyl sites for hydroxylation is 1. The Morgan fingerprint density at radius 3 is 2.87 bits per heavy atom. The predicted molar refractivity (Wildman–Crippen MR) is 59.2 cm³/mol. The Labute approximate surface area is 87.9 Å². The summed E-state index contributed by atoms with van der Waals surface area (Å²) in [5.74, 6) is 0.813. The molecule has 0 aliphatic carbocycles. The van der Waals surface area contributed by atoms with Crippen molar-refractivity contribution in [2.75, 3.05) is 11.1 Å². The lowest BCUT2D eigenvalue weighted by molar-refractivity contribution is 0.767. The van der Waals surface area contributed by atoms with Crippen LogP contribution in [-0.4, -0.2) is 14.8 Å². The van der Waals surface area contributed by atoms with Crippen LogP contribution in [0.1, 0.15) is 5.56 Å². The Bertz CT molecular complexity index is 431. The summed E-state index contributed by atoms with van der Waals surface area (Å²) >= 11 is 0. The SMILES string of the molecule is Cn1cc(CNc2ccc(N)cn2)cn1. The second kappa shape index (κ2) is 4.00. The average molecular weight is 203 g/mol. The van der Waals surface area contributed by atoms with E-state index in [1.165, 1.54) is 0 Å². The van der Waals surface area contributed by atoms with E-state index in [9.17, 15) is 0 Å². The number of pyridine rings is 1. The maximum atomic E-state index is 5.53. The molecule has 0 saturated carbocycles. The van der Waals surface area contributed by atoms with E-state index in [1.54, 1.807) is 10.9 Å². The van der Waals surface area contributed by atoms with E-state index >= 15 is 0 Å². The van der Waals surface area contributed by atoms with Gasteiger partial charge in [-0.25, -0.2) is 4.98 Å². The summed E-state index contributed by atoms with van der Waals surface area (Å²) in [4.78, 5) is 4.14. The number of nitrogens with two attached hydrogens (primary N) is 1. The van der Waals surface area contributed by atoms with E-state index < -0.39 is 0 Å². The summed E-state index contributed by atoms with van der Waals surface area (Å²) in [7, 11) is 1.89. The summed E-state index contributed by atoms with van der Waals surface area (Å²) in [6, 6.07) is 3.67. The largest absolute Gasteiger partial charge is 0.397 e. The summed E-state index contributed by atoms with van der Waals surface area (Å²) in [6.07, 6.45) is 5.42. The molecule has 5 nitrogen and oxygen atoms in total. The molecule has 0 fully saturated rings. The molecule has 2 rings (SSSR count). The molecule has 0 saturated heterocycles. The van der Waals surface area contributed by atoms with Gasteiger partial charge in [0.1, 0.15) is 5.82 Å². The summed E-state index contributed by atoms with van der Waals surface area (Å²) < 4.78 is 1.77. The number of hydrogen-bond donors (Lipinski definition) is 2. The first-order valence-electron chi connectivity index (χ1n) is 4.67. The van der Waals surface area contributed by atoms with E-state index in [4.69, 9.17) is 5.73 Å². The molecule has 78 valence electrons. The Kier molecular flexibility index (Phi) is 2.53. The second-order valence-corrected chi connectivity index (χ2v) is 3.35. The molecule has 0 amide bonds. The van der Waals surface area contributed by atoms with Gasteiger partial charge in [-0.1, -0.05) is 0 Å². The van der Waals surface area contributed by atoms with Gasteiger partial charge < -0.3 is 11.1 Å². The average Bonchev–Trinajstić information content (AvgIpc) is 2.64. The Morgan fingerprint density at radius 2 is 2.27 bits per heavy atom. The van der Waals surface area contributed by atoms with Crippen LogP contribution in [0.2, 0.25) is 0 Å². The van der Waals surface area contributed by atoms with Crippen LogP contribution in [0.25, 0.3) is 0 Å². The van der Waals surface area contributed by atoms with Gasteiger partial charge in [0.15, 0.2) is 0 Å². The Morgan fingerprint density at radius 1 is 1.40 bits per heavy atom. The van der Waals surface area contributed by atoms with Crippen molar-refractivity contribution in [3.05, 3.63) is 36.3 Å². The third-order valence-electron chi connectivity index (χ3n) is 2.02. The summed E-state index contributed by atoms with van der Waals surface area (Å²) in [6.45, 7) is 0.713. The van der Waals surface area contributed by atoms with Crippen LogP contribution in [0, 0.1) is 0 Å². The van der Waals surface area contributed by atoms with Crippen LogP contribution in [0.15, 0.2) is 30.7 Å². The normalized spacial score (nSPS) is 10.2. The van der Waals surface area contributed by atoms with Gasteiger partial charge in [0.2, 0.25) is 0 Å². The first kappa shape index (κ1) is 9.51. The van der Waals surface area contributed by atoms with Crippen molar-refractivity contribution >= 4 is 11.5 Å². The van der Waals surface area contributed by atoms with Gasteiger partial charge in [0, 0.05) is 25.4 Å². The molecule has 2 heterocycles. The van der Waals surface area contributed by atoms with Crippen molar-refractivity contribution < 1.29 is 0 Å². The molecular formula is C10H13N5. The third-order valence-corrected chi connectivity index (χ3v) is 2.02. The van der Waals surface area contributed by atoms with Crippen molar-refractivity contribution in [3.8, 4) is 0 Å². The topological polar surface area (TPSA) is 68.8 Å². The zero-order valence-corrected chi connectivity index (χ0v) is 8.51. The van der Waals surface area contributed by atoms with Crippen LogP contribution in [0.5, 0.6) is 0 Å². The molecule has 15 heavy (non-hydrogen) atoms. The molecule has 0 spiro atoms. The van der Waals surface area contributed by atoms with Crippen molar-refractivity contribution in [1.82, 2.24) is 14.8 Å². The molecule has 0 aromatic carbocycles. The highest BCUT2D eigenvalue weighted by Gasteiger charge is 1.96. The molecule has 0 aliphatic heterocycles. The maximum absolute atomic E-state index is 5.53. The van der Waals surface area contributed by atoms with Gasteiger partial charge >= 0.3 is 0 Å². The van der Waals surface area contributed by atoms with Crippen LogP contribution >= 0.6 is 0 Å². The Balaban J connectivity index is 1.96. The van der Waals surface area contributed by atoms with Crippen molar-refractivity contribution in [1.29, 1.82) is 0 Å². The van der Waals surface area contributed by atoms with Crippen molar-refractivity contribution in [2.45, 2.75) is 6.54 Å². The molecule has 0 aliphatic rings. The standard InChI is InChI=1S/C10H13N5/c1-15-7-8(5-14-15)4-12-10-3-2-9(11)6-13-10/h2-3,5-7H,4,11H2,1H3,(H,12,13). The number of nitrogen functional groups attached to an aromatic ring is 1. The molecule has 0 bridgehead atoms. The van der Waals surface area contributed by atoms with Gasteiger partial charge in [0.25, 0.3) is 0 Å². The Hall–Kier alpha value is -2.04. The lowest BCUT2D eigenvalue weighted by Gasteiger charge is -2.03. The fourth-order valence-electron chi connectivity index (χ4n) is 1.27.